The number of nitrogens with zero attached hydrogens (tertiary/aromatic N) is 1. The number of aliphatic carboxylic acids is 1. The largest absolute Gasteiger partial charge is 0.477 e. The summed E-state index contributed by atoms with van der Waals surface area (Å²) in [6, 6.07) is 0.0490. The summed E-state index contributed by atoms with van der Waals surface area (Å²) in [5.74, 6) is -1.84. The van der Waals surface area contributed by atoms with Crippen molar-refractivity contribution < 1.29 is 24.3 Å². The number of amides is 2. The van der Waals surface area contributed by atoms with Crippen LogP contribution < -0.4 is 10.6 Å². The molecule has 0 aromatic rings. The van der Waals surface area contributed by atoms with Gasteiger partial charge in [-0.15, -0.1) is 0 Å². The van der Waals surface area contributed by atoms with Crippen molar-refractivity contribution in [1.29, 1.82) is 0 Å². The van der Waals surface area contributed by atoms with Crippen LogP contribution in [-0.2, 0) is 19.2 Å². The SMILES string of the molecule is CC(C)NC(=O)CCNC(=O)C1CC(C(=O)O)=NO1. The molecule has 8 nitrogen and oxygen atoms in total. The van der Waals surface area contributed by atoms with Gasteiger partial charge in [0.15, 0.2) is 5.71 Å². The van der Waals surface area contributed by atoms with Crippen molar-refractivity contribution in [2.45, 2.75) is 38.8 Å². The highest BCUT2D eigenvalue weighted by Crippen LogP contribution is 2.10. The smallest absolute Gasteiger partial charge is 0.353 e. The number of carboxylic acid groups (broad SMARTS) is 1. The minimum absolute atomic E-state index is 0.0490. The van der Waals surface area contributed by atoms with Gasteiger partial charge in [-0.25, -0.2) is 4.79 Å². The average Bonchev–Trinajstić information content (AvgIpc) is 2.76. The number of rotatable bonds is 6. The second-order valence-electron chi connectivity index (χ2n) is 4.40. The Morgan fingerprint density at radius 2 is 2.16 bits per heavy atom. The number of carboxylic acids is 1. The van der Waals surface area contributed by atoms with Gasteiger partial charge in [-0.1, -0.05) is 5.16 Å². The molecule has 0 aromatic carbocycles. The molecule has 0 bridgehead atoms. The van der Waals surface area contributed by atoms with Gasteiger partial charge in [-0.3, -0.25) is 9.59 Å². The van der Waals surface area contributed by atoms with Gasteiger partial charge in [0.25, 0.3) is 5.91 Å². The lowest BCUT2D eigenvalue weighted by molar-refractivity contribution is -0.131. The molecule has 1 aliphatic rings. The van der Waals surface area contributed by atoms with Crippen LogP contribution in [0.5, 0.6) is 0 Å². The van der Waals surface area contributed by atoms with Crippen molar-refractivity contribution >= 4 is 23.5 Å². The highest BCUT2D eigenvalue weighted by Gasteiger charge is 2.31. The molecule has 8 heteroatoms. The summed E-state index contributed by atoms with van der Waals surface area (Å²) in [6.07, 6.45) is -0.845. The molecule has 3 N–H and O–H groups in total. The first-order valence-electron chi connectivity index (χ1n) is 5.93. The van der Waals surface area contributed by atoms with Crippen LogP contribution in [0, 0.1) is 0 Å². The van der Waals surface area contributed by atoms with E-state index in [1.54, 1.807) is 0 Å². The molecule has 1 heterocycles. The number of carbonyl (C=O) groups excluding carboxylic acids is 2. The molecule has 2 amide bonds. The highest BCUT2D eigenvalue weighted by molar-refractivity contribution is 6.36. The van der Waals surface area contributed by atoms with Crippen LogP contribution in [0.15, 0.2) is 5.16 Å². The molecule has 1 aliphatic heterocycles. The van der Waals surface area contributed by atoms with Gasteiger partial charge in [0.2, 0.25) is 12.0 Å². The van der Waals surface area contributed by atoms with E-state index in [0.29, 0.717) is 0 Å². The molecule has 1 unspecified atom stereocenters. The normalized spacial score (nSPS) is 17.6. The first-order chi connectivity index (χ1) is 8.90. The quantitative estimate of drug-likeness (QED) is 0.587. The van der Waals surface area contributed by atoms with Crippen molar-refractivity contribution in [3.05, 3.63) is 0 Å². The van der Waals surface area contributed by atoms with Crippen molar-refractivity contribution in [2.75, 3.05) is 6.54 Å². The van der Waals surface area contributed by atoms with Crippen molar-refractivity contribution in [1.82, 2.24) is 10.6 Å². The summed E-state index contributed by atoms with van der Waals surface area (Å²) < 4.78 is 0. The fourth-order valence-corrected chi connectivity index (χ4v) is 1.45. The van der Waals surface area contributed by atoms with Crippen LogP contribution in [0.1, 0.15) is 26.7 Å². The van der Waals surface area contributed by atoms with Gasteiger partial charge >= 0.3 is 5.97 Å². The van der Waals surface area contributed by atoms with Crippen LogP contribution in [0.25, 0.3) is 0 Å². The van der Waals surface area contributed by atoms with Crippen molar-refractivity contribution in [3.63, 3.8) is 0 Å². The zero-order valence-corrected chi connectivity index (χ0v) is 10.8. The fourth-order valence-electron chi connectivity index (χ4n) is 1.45. The van der Waals surface area contributed by atoms with E-state index in [4.69, 9.17) is 9.94 Å². The number of oxime groups is 1. The predicted molar refractivity (Wildman–Crippen MR) is 65.5 cm³/mol. The predicted octanol–water partition coefficient (Wildman–Crippen LogP) is -0.753. The molecule has 106 valence electrons. The lowest BCUT2D eigenvalue weighted by Crippen LogP contribution is -2.38. The molecular formula is C11H17N3O5. The molecule has 0 saturated heterocycles. The Balaban J connectivity index is 2.23. The third-order valence-electron chi connectivity index (χ3n) is 2.31. The van der Waals surface area contributed by atoms with E-state index < -0.39 is 18.0 Å². The summed E-state index contributed by atoms with van der Waals surface area (Å²) >= 11 is 0. The molecular weight excluding hydrogens is 254 g/mol. The average molecular weight is 271 g/mol. The Bertz CT molecular complexity index is 405. The van der Waals surface area contributed by atoms with Gasteiger partial charge in [0.05, 0.1) is 0 Å². The van der Waals surface area contributed by atoms with Crippen LogP contribution >= 0.6 is 0 Å². The molecule has 1 atom stereocenters. The lowest BCUT2D eigenvalue weighted by atomic mass is 10.1. The van der Waals surface area contributed by atoms with Gasteiger partial charge in [-0.2, -0.15) is 0 Å². The Kier molecular flexibility index (Phi) is 5.28. The molecule has 19 heavy (non-hydrogen) atoms. The number of hydrogen-bond acceptors (Lipinski definition) is 5. The Labute approximate surface area is 110 Å². The van der Waals surface area contributed by atoms with Gasteiger partial charge < -0.3 is 20.6 Å². The highest BCUT2D eigenvalue weighted by atomic mass is 16.6. The van der Waals surface area contributed by atoms with E-state index >= 15 is 0 Å². The van der Waals surface area contributed by atoms with Gasteiger partial charge in [-0.05, 0) is 13.8 Å². The van der Waals surface area contributed by atoms with E-state index in [2.05, 4.69) is 15.8 Å². The van der Waals surface area contributed by atoms with Crippen molar-refractivity contribution in [3.8, 4) is 0 Å². The topological polar surface area (TPSA) is 117 Å². The summed E-state index contributed by atoms with van der Waals surface area (Å²) in [7, 11) is 0. The molecule has 0 aliphatic carbocycles. The van der Waals surface area contributed by atoms with E-state index in [9.17, 15) is 14.4 Å². The monoisotopic (exact) mass is 271 g/mol. The van der Waals surface area contributed by atoms with Crippen molar-refractivity contribution in [2.24, 2.45) is 5.16 Å². The molecule has 1 rings (SSSR count). The molecule has 0 fully saturated rings. The zero-order chi connectivity index (χ0) is 14.4. The maximum atomic E-state index is 11.6. The summed E-state index contributed by atoms with van der Waals surface area (Å²) in [5.41, 5.74) is -0.183. The van der Waals surface area contributed by atoms with E-state index in [0.717, 1.165) is 0 Å². The van der Waals surface area contributed by atoms with Crippen LogP contribution in [0.2, 0.25) is 0 Å². The van der Waals surface area contributed by atoms with Crippen LogP contribution in [0.3, 0.4) is 0 Å². The Morgan fingerprint density at radius 3 is 2.68 bits per heavy atom. The minimum atomic E-state index is -1.20. The maximum absolute atomic E-state index is 11.6. The zero-order valence-electron chi connectivity index (χ0n) is 10.8. The second kappa shape index (κ2) is 6.72. The number of carbonyl (C=O) groups is 3. The lowest BCUT2D eigenvalue weighted by Gasteiger charge is -2.10. The first kappa shape index (κ1) is 14.9. The van der Waals surface area contributed by atoms with Gasteiger partial charge in [0.1, 0.15) is 0 Å². The summed E-state index contributed by atoms with van der Waals surface area (Å²) in [4.78, 5) is 38.2. The standard InChI is InChI=1S/C11H17N3O5/c1-6(2)13-9(15)3-4-12-10(16)8-5-7(11(17)18)14-19-8/h6,8H,3-5H2,1-2H3,(H,12,16)(H,13,15)(H,17,18). The number of nitrogens with one attached hydrogen (secondary N) is 2. The van der Waals surface area contributed by atoms with Gasteiger partial charge in [0, 0.05) is 25.4 Å². The first-order valence-corrected chi connectivity index (χ1v) is 5.93. The maximum Gasteiger partial charge on any atom is 0.353 e. The summed E-state index contributed by atoms with van der Waals surface area (Å²) in [6.45, 7) is 3.85. The summed E-state index contributed by atoms with van der Waals surface area (Å²) in [5, 5.41) is 17.1. The minimum Gasteiger partial charge on any atom is -0.477 e. The molecule has 0 aromatic heterocycles. The number of hydrogen-bond donors (Lipinski definition) is 3. The van der Waals surface area contributed by atoms with Crippen LogP contribution in [0.4, 0.5) is 0 Å². The third-order valence-corrected chi connectivity index (χ3v) is 2.31. The molecule has 0 saturated carbocycles. The molecule has 0 spiro atoms. The van der Waals surface area contributed by atoms with E-state index in [-0.39, 0.29) is 37.0 Å². The Morgan fingerprint density at radius 1 is 1.47 bits per heavy atom. The van der Waals surface area contributed by atoms with E-state index in [1.165, 1.54) is 0 Å². The third kappa shape index (κ3) is 4.94. The fraction of sp³-hybridized carbons (Fsp3) is 0.636. The Hall–Kier alpha value is -2.12. The van der Waals surface area contributed by atoms with E-state index in [1.807, 2.05) is 13.8 Å². The van der Waals surface area contributed by atoms with Crippen LogP contribution in [-0.4, -0.2) is 47.3 Å². The molecule has 0 radical (unpaired) electrons. The second-order valence-corrected chi connectivity index (χ2v) is 4.40.